The lowest BCUT2D eigenvalue weighted by Crippen LogP contribution is -2.33. The van der Waals surface area contributed by atoms with Gasteiger partial charge in [-0.2, -0.15) is 0 Å². The number of aromatic nitrogens is 1. The van der Waals surface area contributed by atoms with Crippen LogP contribution in [0.2, 0.25) is 0 Å². The highest BCUT2D eigenvalue weighted by Gasteiger charge is 2.17. The Morgan fingerprint density at radius 2 is 1.87 bits per heavy atom. The largest absolute Gasteiger partial charge is 0.352 e. The summed E-state index contributed by atoms with van der Waals surface area (Å²) in [6.07, 6.45) is 1.60. The van der Waals surface area contributed by atoms with E-state index in [4.69, 9.17) is 0 Å². The molecule has 0 aliphatic carbocycles. The van der Waals surface area contributed by atoms with Crippen LogP contribution in [-0.2, 0) is 0 Å². The summed E-state index contributed by atoms with van der Waals surface area (Å²) in [5.41, 5.74) is 4.44. The average Bonchev–Trinajstić information content (AvgIpc) is 2.47. The fraction of sp³-hybridized carbons (Fsp3) is 0.368. The molecule has 2 aromatic rings. The van der Waals surface area contributed by atoms with E-state index in [1.807, 2.05) is 38.1 Å². The molecular weight excluding hydrogens is 288 g/mol. The summed E-state index contributed by atoms with van der Waals surface area (Å²) >= 11 is 0. The topological polar surface area (TPSA) is 53.2 Å². The number of pyridine rings is 1. The van der Waals surface area contributed by atoms with Gasteiger partial charge in [0.15, 0.2) is 0 Å². The Morgan fingerprint density at radius 1 is 1.17 bits per heavy atom. The lowest BCUT2D eigenvalue weighted by atomic mass is 9.96. The number of nitrogens with zero attached hydrogens (tertiary/aromatic N) is 1. The number of rotatable bonds is 3. The second-order valence-corrected chi connectivity index (χ2v) is 7.12. The van der Waals surface area contributed by atoms with Crippen molar-refractivity contribution in [3.63, 3.8) is 0 Å². The third-order valence-electron chi connectivity index (χ3n) is 3.78. The zero-order chi connectivity index (χ0) is 17.2. The molecule has 23 heavy (non-hydrogen) atoms. The van der Waals surface area contributed by atoms with Crippen molar-refractivity contribution in [2.24, 2.45) is 5.41 Å². The van der Waals surface area contributed by atoms with Crippen LogP contribution < -0.4 is 10.0 Å². The highest BCUT2D eigenvalue weighted by atomic mass is 16.5. The number of hydrogen-bond acceptors (Lipinski definition) is 2. The fourth-order valence-electron chi connectivity index (χ4n) is 2.42. The second-order valence-electron chi connectivity index (χ2n) is 7.12. The number of benzene rings is 1. The van der Waals surface area contributed by atoms with Gasteiger partial charge < -0.3 is 5.32 Å². The lowest BCUT2D eigenvalue weighted by molar-refractivity contribution is -0.908. The SMILES string of the molecule is Cc1cc(C(=O)NCC(C)(C)C)ccc1-c1ccc[n+](O)c1C. The van der Waals surface area contributed by atoms with E-state index < -0.39 is 0 Å². The van der Waals surface area contributed by atoms with E-state index in [-0.39, 0.29) is 11.3 Å². The minimum atomic E-state index is -0.0587. The smallest absolute Gasteiger partial charge is 0.251 e. The molecule has 0 radical (unpaired) electrons. The normalized spacial score (nSPS) is 11.3. The Bertz CT molecular complexity index is 731. The molecule has 2 rings (SSSR count). The van der Waals surface area contributed by atoms with Crippen molar-refractivity contribution < 1.29 is 14.7 Å². The van der Waals surface area contributed by atoms with E-state index in [0.717, 1.165) is 27.1 Å². The van der Waals surface area contributed by atoms with E-state index in [0.29, 0.717) is 12.1 Å². The Labute approximate surface area is 137 Å². The first-order chi connectivity index (χ1) is 10.7. The minimum Gasteiger partial charge on any atom is -0.352 e. The standard InChI is InChI=1S/C19H24N2O2/c1-13-11-15(18(22)20-12-19(3,4)5)8-9-16(13)17-7-6-10-21(23)14(17)2/h6-11H,12H2,1-5H3,(H-,20,22,23)/p+1. The van der Waals surface area contributed by atoms with Crippen LogP contribution in [0, 0.1) is 19.3 Å². The number of amides is 1. The Kier molecular flexibility index (Phi) is 4.73. The molecule has 1 heterocycles. The second kappa shape index (κ2) is 6.41. The van der Waals surface area contributed by atoms with E-state index >= 15 is 0 Å². The molecular formula is C19H25N2O2+. The molecule has 4 heteroatoms. The third kappa shape index (κ3) is 4.09. The van der Waals surface area contributed by atoms with Crippen LogP contribution in [0.25, 0.3) is 11.1 Å². The third-order valence-corrected chi connectivity index (χ3v) is 3.78. The molecule has 0 atom stereocenters. The monoisotopic (exact) mass is 313 g/mol. The van der Waals surface area contributed by atoms with E-state index in [1.165, 1.54) is 0 Å². The van der Waals surface area contributed by atoms with Crippen molar-refractivity contribution in [1.82, 2.24) is 5.32 Å². The van der Waals surface area contributed by atoms with E-state index in [1.54, 1.807) is 12.3 Å². The maximum Gasteiger partial charge on any atom is 0.251 e. The van der Waals surface area contributed by atoms with Crippen LogP contribution in [0.5, 0.6) is 0 Å². The van der Waals surface area contributed by atoms with Crippen LogP contribution in [0.15, 0.2) is 36.5 Å². The van der Waals surface area contributed by atoms with Crippen LogP contribution in [-0.4, -0.2) is 17.7 Å². The van der Waals surface area contributed by atoms with Gasteiger partial charge in [-0.25, -0.2) is 0 Å². The lowest BCUT2D eigenvalue weighted by Gasteiger charge is -2.19. The van der Waals surface area contributed by atoms with Gasteiger partial charge in [0, 0.05) is 29.8 Å². The van der Waals surface area contributed by atoms with E-state index in [9.17, 15) is 10.0 Å². The maximum absolute atomic E-state index is 12.3. The number of aryl methyl sites for hydroxylation is 1. The Morgan fingerprint density at radius 3 is 2.48 bits per heavy atom. The van der Waals surface area contributed by atoms with Crippen LogP contribution in [0.4, 0.5) is 0 Å². The minimum absolute atomic E-state index is 0.0561. The Balaban J connectivity index is 2.28. The zero-order valence-electron chi connectivity index (χ0n) is 14.5. The predicted molar refractivity (Wildman–Crippen MR) is 90.5 cm³/mol. The molecule has 0 aliphatic heterocycles. The highest BCUT2D eigenvalue weighted by molar-refractivity contribution is 5.95. The number of hydrogen-bond donors (Lipinski definition) is 2. The van der Waals surface area contributed by atoms with Crippen molar-refractivity contribution in [3.05, 3.63) is 53.3 Å². The van der Waals surface area contributed by atoms with Gasteiger partial charge in [0.1, 0.15) is 0 Å². The first kappa shape index (κ1) is 17.0. The molecule has 122 valence electrons. The summed E-state index contributed by atoms with van der Waals surface area (Å²) in [4.78, 5) is 12.3. The summed E-state index contributed by atoms with van der Waals surface area (Å²) < 4.78 is 1.11. The predicted octanol–water partition coefficient (Wildman–Crippen LogP) is 3.27. The molecule has 2 N–H and O–H groups in total. The number of carbonyl (C=O) groups excluding carboxylic acids is 1. The van der Waals surface area contributed by atoms with Gasteiger partial charge in [0.25, 0.3) is 5.91 Å². The quantitative estimate of drug-likeness (QED) is 0.675. The van der Waals surface area contributed by atoms with Crippen LogP contribution in [0.1, 0.15) is 42.4 Å². The van der Waals surface area contributed by atoms with Gasteiger partial charge in [0.2, 0.25) is 11.9 Å². The van der Waals surface area contributed by atoms with Gasteiger partial charge >= 0.3 is 0 Å². The van der Waals surface area contributed by atoms with Gasteiger partial charge in [-0.1, -0.05) is 26.8 Å². The van der Waals surface area contributed by atoms with Gasteiger partial charge in [-0.15, -0.1) is 0 Å². The van der Waals surface area contributed by atoms with Crippen molar-refractivity contribution in [2.75, 3.05) is 6.54 Å². The number of nitrogens with one attached hydrogen (secondary N) is 1. The molecule has 0 bridgehead atoms. The fourth-order valence-corrected chi connectivity index (χ4v) is 2.42. The first-order valence-corrected chi connectivity index (χ1v) is 7.79. The molecule has 0 saturated carbocycles. The zero-order valence-corrected chi connectivity index (χ0v) is 14.5. The summed E-state index contributed by atoms with van der Waals surface area (Å²) in [6.45, 7) is 10.7. The molecule has 0 unspecified atom stereocenters. The molecule has 0 saturated heterocycles. The highest BCUT2D eigenvalue weighted by Crippen LogP contribution is 2.25. The van der Waals surface area contributed by atoms with Gasteiger partial charge in [-0.05, 0) is 41.7 Å². The van der Waals surface area contributed by atoms with E-state index in [2.05, 4.69) is 26.1 Å². The van der Waals surface area contributed by atoms with Crippen molar-refractivity contribution in [2.45, 2.75) is 34.6 Å². The average molecular weight is 313 g/mol. The molecule has 4 nitrogen and oxygen atoms in total. The Hall–Kier alpha value is -2.36. The van der Waals surface area contributed by atoms with Crippen molar-refractivity contribution in [1.29, 1.82) is 0 Å². The molecule has 0 fully saturated rings. The van der Waals surface area contributed by atoms with Gasteiger partial charge in [0.05, 0.1) is 5.56 Å². The summed E-state index contributed by atoms with van der Waals surface area (Å²) in [5, 5.41) is 12.8. The molecule has 1 aromatic heterocycles. The number of carbonyl (C=O) groups is 1. The molecule has 0 spiro atoms. The van der Waals surface area contributed by atoms with Crippen LogP contribution >= 0.6 is 0 Å². The van der Waals surface area contributed by atoms with Gasteiger partial charge in [-0.3, -0.25) is 10.0 Å². The molecule has 1 amide bonds. The first-order valence-electron chi connectivity index (χ1n) is 7.79. The molecule has 1 aromatic carbocycles. The molecule has 0 aliphatic rings. The summed E-state index contributed by atoms with van der Waals surface area (Å²) in [5.74, 6) is -0.0587. The summed E-state index contributed by atoms with van der Waals surface area (Å²) in [7, 11) is 0. The maximum atomic E-state index is 12.3. The van der Waals surface area contributed by atoms with Crippen molar-refractivity contribution in [3.8, 4) is 11.1 Å². The summed E-state index contributed by atoms with van der Waals surface area (Å²) in [6, 6.07) is 9.41. The van der Waals surface area contributed by atoms with Crippen molar-refractivity contribution >= 4 is 5.91 Å². The van der Waals surface area contributed by atoms with Crippen LogP contribution in [0.3, 0.4) is 0 Å².